The van der Waals surface area contributed by atoms with Crippen LogP contribution in [0.25, 0.3) is 0 Å². The van der Waals surface area contributed by atoms with E-state index in [1.54, 1.807) is 0 Å². The molecule has 2 atom stereocenters. The highest BCUT2D eigenvalue weighted by molar-refractivity contribution is 7.53. The van der Waals surface area contributed by atoms with E-state index < -0.39 is 32.3 Å². The molecular weight excluding hydrogens is 191 g/mol. The van der Waals surface area contributed by atoms with Crippen LogP contribution in [-0.4, -0.2) is 54.9 Å². The molecule has 12 heavy (non-hydrogen) atoms. The fraction of sp³-hybridized carbons (Fsp3) is 1.00. The lowest BCUT2D eigenvalue weighted by molar-refractivity contribution is -0.0801. The van der Waals surface area contributed by atoms with Crippen molar-refractivity contribution < 1.29 is 34.8 Å². The predicted molar refractivity (Wildman–Crippen MR) is 37.2 cm³/mol. The van der Waals surface area contributed by atoms with Crippen LogP contribution >= 0.6 is 7.60 Å². The number of rotatable bonds is 4. The lowest BCUT2D eigenvalue weighted by Crippen LogP contribution is -2.47. The number of hydrogen-bond acceptors (Lipinski definition) is 5. The van der Waals surface area contributed by atoms with Gasteiger partial charge in [0.2, 0.25) is 5.34 Å². The van der Waals surface area contributed by atoms with Gasteiger partial charge in [-0.15, -0.1) is 0 Å². The maximum absolute atomic E-state index is 10.5. The Bertz CT molecular complexity index is 188. The molecule has 0 saturated carbocycles. The second-order valence-electron chi connectivity index (χ2n) is 2.28. The van der Waals surface area contributed by atoms with Crippen molar-refractivity contribution in [1.82, 2.24) is 0 Å². The molecule has 0 radical (unpaired) electrons. The Balaban J connectivity index is 4.80. The van der Waals surface area contributed by atoms with Crippen molar-refractivity contribution in [2.24, 2.45) is 0 Å². The second-order valence-corrected chi connectivity index (χ2v) is 4.14. The van der Waals surface area contributed by atoms with Crippen LogP contribution in [-0.2, 0) is 4.57 Å². The molecule has 6 N–H and O–H groups in total. The SMILES string of the molecule is O=P(O)(O)[C@@](O)(CO)[C@@H](O)CO. The first-order valence-electron chi connectivity index (χ1n) is 2.97. The summed E-state index contributed by atoms with van der Waals surface area (Å²) in [4.78, 5) is 16.9. The van der Waals surface area contributed by atoms with Crippen molar-refractivity contribution in [3.05, 3.63) is 0 Å². The molecule has 0 bridgehead atoms. The summed E-state index contributed by atoms with van der Waals surface area (Å²) in [5, 5.41) is 31.5. The van der Waals surface area contributed by atoms with Crippen LogP contribution < -0.4 is 0 Å². The molecule has 0 saturated heterocycles. The molecule has 7 nitrogen and oxygen atoms in total. The van der Waals surface area contributed by atoms with Crippen LogP contribution in [0, 0.1) is 0 Å². The van der Waals surface area contributed by atoms with Gasteiger partial charge in [-0.05, 0) is 0 Å². The summed E-state index contributed by atoms with van der Waals surface area (Å²) in [7, 11) is -5.06. The molecule has 0 rings (SSSR count). The van der Waals surface area contributed by atoms with Gasteiger partial charge < -0.3 is 30.2 Å². The van der Waals surface area contributed by atoms with Crippen molar-refractivity contribution in [1.29, 1.82) is 0 Å². The number of hydrogen-bond donors (Lipinski definition) is 6. The van der Waals surface area contributed by atoms with E-state index in [4.69, 9.17) is 30.2 Å². The van der Waals surface area contributed by atoms with Gasteiger partial charge in [-0.1, -0.05) is 0 Å². The Morgan fingerprint density at radius 2 is 1.75 bits per heavy atom. The van der Waals surface area contributed by atoms with E-state index in [1.807, 2.05) is 0 Å². The molecule has 0 aromatic carbocycles. The molecule has 0 heterocycles. The summed E-state index contributed by atoms with van der Waals surface area (Å²) >= 11 is 0. The molecule has 0 aromatic rings. The van der Waals surface area contributed by atoms with Crippen LogP contribution in [0.1, 0.15) is 0 Å². The third-order valence-electron chi connectivity index (χ3n) is 1.44. The van der Waals surface area contributed by atoms with Crippen molar-refractivity contribution >= 4 is 7.60 Å². The molecule has 0 aliphatic rings. The van der Waals surface area contributed by atoms with Crippen molar-refractivity contribution in [2.75, 3.05) is 13.2 Å². The zero-order valence-electron chi connectivity index (χ0n) is 6.03. The summed E-state index contributed by atoms with van der Waals surface area (Å²) in [5.41, 5.74) is 0. The van der Waals surface area contributed by atoms with E-state index in [1.165, 1.54) is 0 Å². The molecule has 8 heteroatoms. The predicted octanol–water partition coefficient (Wildman–Crippen LogP) is -2.80. The lowest BCUT2D eigenvalue weighted by Gasteiger charge is -2.30. The first kappa shape index (κ1) is 12.0. The van der Waals surface area contributed by atoms with Crippen LogP contribution in [0.15, 0.2) is 0 Å². The third kappa shape index (κ3) is 2.02. The molecule has 0 spiro atoms. The van der Waals surface area contributed by atoms with Crippen molar-refractivity contribution in [3.63, 3.8) is 0 Å². The quantitative estimate of drug-likeness (QED) is 0.270. The number of aliphatic hydroxyl groups is 4. The van der Waals surface area contributed by atoms with Crippen LogP contribution in [0.2, 0.25) is 0 Å². The van der Waals surface area contributed by atoms with E-state index in [9.17, 15) is 4.57 Å². The first-order valence-corrected chi connectivity index (χ1v) is 4.58. The van der Waals surface area contributed by atoms with Gasteiger partial charge >= 0.3 is 7.60 Å². The van der Waals surface area contributed by atoms with Gasteiger partial charge in [0.1, 0.15) is 6.10 Å². The number of aliphatic hydroxyl groups excluding tert-OH is 3. The highest BCUT2D eigenvalue weighted by atomic mass is 31.2. The summed E-state index contributed by atoms with van der Waals surface area (Å²) in [6.45, 7) is -2.39. The van der Waals surface area contributed by atoms with Crippen molar-refractivity contribution in [2.45, 2.75) is 11.4 Å². The van der Waals surface area contributed by atoms with E-state index in [0.29, 0.717) is 0 Å². The molecule has 0 fully saturated rings. The monoisotopic (exact) mass is 202 g/mol. The zero-order valence-corrected chi connectivity index (χ0v) is 6.92. The Morgan fingerprint density at radius 3 is 1.83 bits per heavy atom. The normalized spacial score (nSPS) is 20.2. The van der Waals surface area contributed by atoms with Gasteiger partial charge in [-0.3, -0.25) is 4.57 Å². The molecule has 0 amide bonds. The largest absolute Gasteiger partial charge is 0.394 e. The maximum Gasteiger partial charge on any atom is 0.362 e. The summed E-state index contributed by atoms with van der Waals surface area (Å²) in [5.74, 6) is 0. The summed E-state index contributed by atoms with van der Waals surface area (Å²) < 4.78 is 10.5. The third-order valence-corrected chi connectivity index (χ3v) is 2.89. The average Bonchev–Trinajstić information content (AvgIpc) is 1.99. The fourth-order valence-electron chi connectivity index (χ4n) is 0.538. The minimum Gasteiger partial charge on any atom is -0.394 e. The van der Waals surface area contributed by atoms with Gasteiger partial charge in [-0.2, -0.15) is 0 Å². The van der Waals surface area contributed by atoms with E-state index >= 15 is 0 Å². The molecule has 74 valence electrons. The summed E-state index contributed by atoms with van der Waals surface area (Å²) in [6, 6.07) is 0. The molecule has 0 unspecified atom stereocenters. The topological polar surface area (TPSA) is 138 Å². The van der Waals surface area contributed by atoms with Gasteiger partial charge in [0.15, 0.2) is 0 Å². The standard InChI is InChI=1S/C4H11O7P/c5-1-3(7)4(8,2-6)12(9,10)11/h3,5-8H,1-2H2,(H2,9,10,11)/t3-,4-/m0/s1. The highest BCUT2D eigenvalue weighted by Gasteiger charge is 2.50. The van der Waals surface area contributed by atoms with Gasteiger partial charge in [-0.25, -0.2) is 0 Å². The molecule has 0 aliphatic carbocycles. The minimum atomic E-state index is -5.06. The smallest absolute Gasteiger partial charge is 0.362 e. The van der Waals surface area contributed by atoms with Gasteiger partial charge in [0, 0.05) is 0 Å². The summed E-state index contributed by atoms with van der Waals surface area (Å²) in [6.07, 6.45) is -2.08. The van der Waals surface area contributed by atoms with Crippen LogP contribution in [0.3, 0.4) is 0 Å². The molecule has 0 aliphatic heterocycles. The van der Waals surface area contributed by atoms with Crippen molar-refractivity contribution in [3.8, 4) is 0 Å². The Hall–Kier alpha value is -0.0100. The zero-order chi connectivity index (χ0) is 9.99. The Morgan fingerprint density at radius 1 is 1.33 bits per heavy atom. The van der Waals surface area contributed by atoms with Crippen LogP contribution in [0.4, 0.5) is 0 Å². The lowest BCUT2D eigenvalue weighted by atomic mass is 10.2. The molecular formula is C4H11O7P. The molecule has 0 aromatic heterocycles. The fourth-order valence-corrected chi connectivity index (χ4v) is 1.19. The first-order chi connectivity index (χ1) is 5.29. The van der Waals surface area contributed by atoms with E-state index in [0.717, 1.165) is 0 Å². The van der Waals surface area contributed by atoms with Crippen LogP contribution in [0.5, 0.6) is 0 Å². The average molecular weight is 202 g/mol. The van der Waals surface area contributed by atoms with Gasteiger partial charge in [0.25, 0.3) is 0 Å². The Labute approximate surface area is 68.1 Å². The van der Waals surface area contributed by atoms with Gasteiger partial charge in [0.05, 0.1) is 13.2 Å². The Kier molecular flexibility index (Phi) is 3.80. The highest BCUT2D eigenvalue weighted by Crippen LogP contribution is 2.50. The van der Waals surface area contributed by atoms with E-state index in [-0.39, 0.29) is 0 Å². The van der Waals surface area contributed by atoms with E-state index in [2.05, 4.69) is 0 Å². The second kappa shape index (κ2) is 3.80. The minimum absolute atomic E-state index is 1.05. The maximum atomic E-state index is 10.5.